The number of hydrogen-bond donors (Lipinski definition) is 2. The first-order chi connectivity index (χ1) is 10.5. The molecule has 1 aromatic rings. The third-order valence-corrected chi connectivity index (χ3v) is 4.15. The summed E-state index contributed by atoms with van der Waals surface area (Å²) in [6.45, 7) is 4.46. The van der Waals surface area contributed by atoms with E-state index in [9.17, 15) is 14.7 Å². The zero-order chi connectivity index (χ0) is 16.2. The molecule has 0 bridgehead atoms. The van der Waals surface area contributed by atoms with Crippen LogP contribution in [-0.2, 0) is 9.59 Å². The molecular formula is C16H21NO5. The summed E-state index contributed by atoms with van der Waals surface area (Å²) in [7, 11) is 0. The second-order valence-corrected chi connectivity index (χ2v) is 5.35. The predicted molar refractivity (Wildman–Crippen MR) is 81.3 cm³/mol. The minimum Gasteiger partial charge on any atom is -0.486 e. The Bertz CT molecular complexity index is 566. The van der Waals surface area contributed by atoms with Crippen molar-refractivity contribution in [1.82, 2.24) is 0 Å². The van der Waals surface area contributed by atoms with Crippen LogP contribution in [0.2, 0.25) is 0 Å². The Morgan fingerprint density at radius 2 is 1.91 bits per heavy atom. The Morgan fingerprint density at radius 3 is 2.55 bits per heavy atom. The van der Waals surface area contributed by atoms with Gasteiger partial charge in [-0.1, -0.05) is 19.9 Å². The smallest absolute Gasteiger partial charge is 0.310 e. The van der Waals surface area contributed by atoms with Gasteiger partial charge in [0, 0.05) is 6.42 Å². The van der Waals surface area contributed by atoms with Gasteiger partial charge in [-0.2, -0.15) is 0 Å². The lowest BCUT2D eigenvalue weighted by molar-refractivity contribution is -0.151. The highest BCUT2D eigenvalue weighted by molar-refractivity contribution is 5.95. The quantitative estimate of drug-likeness (QED) is 0.844. The largest absolute Gasteiger partial charge is 0.486 e. The number of benzene rings is 1. The monoisotopic (exact) mass is 307 g/mol. The van der Waals surface area contributed by atoms with Gasteiger partial charge in [0.25, 0.3) is 0 Å². The van der Waals surface area contributed by atoms with Crippen LogP contribution in [0.3, 0.4) is 0 Å². The lowest BCUT2D eigenvalue weighted by Gasteiger charge is -2.26. The second kappa shape index (κ2) is 6.68. The SMILES string of the molecule is CCC(CC)(CC(=O)Nc1cccc2c1OCCO2)C(=O)O. The molecule has 2 N–H and O–H groups in total. The number of amides is 1. The van der Waals surface area contributed by atoms with Crippen molar-refractivity contribution in [2.24, 2.45) is 5.41 Å². The first-order valence-electron chi connectivity index (χ1n) is 7.44. The van der Waals surface area contributed by atoms with Crippen molar-refractivity contribution >= 4 is 17.6 Å². The highest BCUT2D eigenvalue weighted by Gasteiger charge is 2.37. The van der Waals surface area contributed by atoms with Crippen molar-refractivity contribution in [3.05, 3.63) is 18.2 Å². The number of carboxylic acids is 1. The third kappa shape index (κ3) is 3.16. The van der Waals surface area contributed by atoms with Crippen LogP contribution in [-0.4, -0.2) is 30.2 Å². The summed E-state index contributed by atoms with van der Waals surface area (Å²) in [6.07, 6.45) is 0.734. The molecule has 0 spiro atoms. The second-order valence-electron chi connectivity index (χ2n) is 5.35. The molecule has 0 radical (unpaired) electrons. The summed E-state index contributed by atoms with van der Waals surface area (Å²) in [4.78, 5) is 23.7. The van der Waals surface area contributed by atoms with E-state index in [1.165, 1.54) is 0 Å². The van der Waals surface area contributed by atoms with Gasteiger partial charge in [0.15, 0.2) is 11.5 Å². The van der Waals surface area contributed by atoms with Gasteiger partial charge in [0.1, 0.15) is 13.2 Å². The number of para-hydroxylation sites is 1. The number of anilines is 1. The zero-order valence-electron chi connectivity index (χ0n) is 12.8. The first-order valence-corrected chi connectivity index (χ1v) is 7.44. The number of nitrogens with one attached hydrogen (secondary N) is 1. The molecule has 6 nitrogen and oxygen atoms in total. The lowest BCUT2D eigenvalue weighted by Crippen LogP contribution is -2.34. The van der Waals surface area contributed by atoms with Crippen molar-refractivity contribution < 1.29 is 24.2 Å². The maximum absolute atomic E-state index is 12.3. The molecule has 6 heteroatoms. The Morgan fingerprint density at radius 1 is 1.23 bits per heavy atom. The number of carboxylic acid groups (broad SMARTS) is 1. The van der Waals surface area contributed by atoms with E-state index in [0.717, 1.165) is 0 Å². The Balaban J connectivity index is 2.14. The van der Waals surface area contributed by atoms with Gasteiger partial charge in [-0.05, 0) is 25.0 Å². The van der Waals surface area contributed by atoms with Crippen molar-refractivity contribution in [3.63, 3.8) is 0 Å². The van der Waals surface area contributed by atoms with E-state index in [2.05, 4.69) is 5.32 Å². The fraction of sp³-hybridized carbons (Fsp3) is 0.500. The molecule has 1 heterocycles. The summed E-state index contributed by atoms with van der Waals surface area (Å²) in [5.74, 6) is -0.202. The molecule has 0 atom stereocenters. The molecule has 1 aromatic carbocycles. The van der Waals surface area contributed by atoms with Crippen LogP contribution in [0.4, 0.5) is 5.69 Å². The van der Waals surface area contributed by atoms with Crippen molar-refractivity contribution in [3.8, 4) is 11.5 Å². The molecule has 1 aliphatic heterocycles. The Labute approximate surface area is 129 Å². The highest BCUT2D eigenvalue weighted by atomic mass is 16.6. The molecule has 1 aliphatic rings. The molecule has 0 aliphatic carbocycles. The number of fused-ring (bicyclic) bond motifs is 1. The van der Waals surface area contributed by atoms with Crippen LogP contribution in [0, 0.1) is 5.41 Å². The fourth-order valence-corrected chi connectivity index (χ4v) is 2.55. The zero-order valence-corrected chi connectivity index (χ0v) is 12.8. The molecule has 0 saturated heterocycles. The molecule has 0 unspecified atom stereocenters. The fourth-order valence-electron chi connectivity index (χ4n) is 2.55. The molecule has 0 fully saturated rings. The van der Waals surface area contributed by atoms with E-state index in [0.29, 0.717) is 43.2 Å². The summed E-state index contributed by atoms with van der Waals surface area (Å²) < 4.78 is 11.0. The van der Waals surface area contributed by atoms with Crippen molar-refractivity contribution in [1.29, 1.82) is 0 Å². The normalized spacial score (nSPS) is 13.5. The number of ether oxygens (including phenoxy) is 2. The van der Waals surface area contributed by atoms with Gasteiger partial charge in [-0.25, -0.2) is 0 Å². The van der Waals surface area contributed by atoms with Crippen LogP contribution < -0.4 is 14.8 Å². The standard InChI is InChI=1S/C16H21NO5/c1-3-16(4-2,15(19)20)10-13(18)17-11-6-5-7-12-14(11)22-9-8-21-12/h5-7H,3-4,8-10H2,1-2H3,(H,17,18)(H,19,20). The van der Waals surface area contributed by atoms with Gasteiger partial charge in [-0.15, -0.1) is 0 Å². The maximum atomic E-state index is 12.3. The molecule has 2 rings (SSSR count). The van der Waals surface area contributed by atoms with E-state index >= 15 is 0 Å². The minimum absolute atomic E-state index is 0.0696. The molecule has 0 saturated carbocycles. The van der Waals surface area contributed by atoms with E-state index < -0.39 is 11.4 Å². The maximum Gasteiger partial charge on any atom is 0.310 e. The minimum atomic E-state index is -1.03. The van der Waals surface area contributed by atoms with E-state index in [1.54, 1.807) is 32.0 Å². The van der Waals surface area contributed by atoms with Gasteiger partial charge >= 0.3 is 5.97 Å². The average molecular weight is 307 g/mol. The Hall–Kier alpha value is -2.24. The topological polar surface area (TPSA) is 84.9 Å². The lowest BCUT2D eigenvalue weighted by atomic mass is 9.79. The predicted octanol–water partition coefficient (Wildman–Crippen LogP) is 2.68. The van der Waals surface area contributed by atoms with Gasteiger partial charge in [0.2, 0.25) is 5.91 Å². The summed E-state index contributed by atoms with van der Waals surface area (Å²) in [6, 6.07) is 5.24. The van der Waals surface area contributed by atoms with E-state index in [4.69, 9.17) is 9.47 Å². The van der Waals surface area contributed by atoms with Crippen LogP contribution in [0.25, 0.3) is 0 Å². The molecule has 1 amide bonds. The number of rotatable bonds is 6. The molecule has 0 aromatic heterocycles. The van der Waals surface area contributed by atoms with Gasteiger partial charge in [0.05, 0.1) is 11.1 Å². The molecular weight excluding hydrogens is 286 g/mol. The first kappa shape index (κ1) is 16.1. The number of carbonyl (C=O) groups excluding carboxylic acids is 1. The van der Waals surface area contributed by atoms with Gasteiger partial charge in [-0.3, -0.25) is 9.59 Å². The summed E-state index contributed by atoms with van der Waals surface area (Å²) in [5.41, 5.74) is -0.523. The van der Waals surface area contributed by atoms with E-state index in [1.807, 2.05) is 0 Å². The number of hydrogen-bond acceptors (Lipinski definition) is 4. The van der Waals surface area contributed by atoms with Crippen molar-refractivity contribution in [2.75, 3.05) is 18.5 Å². The number of aliphatic carboxylic acids is 1. The van der Waals surface area contributed by atoms with Crippen LogP contribution >= 0.6 is 0 Å². The molecule has 22 heavy (non-hydrogen) atoms. The van der Waals surface area contributed by atoms with Crippen LogP contribution in [0.15, 0.2) is 18.2 Å². The highest BCUT2D eigenvalue weighted by Crippen LogP contribution is 2.38. The summed E-state index contributed by atoms with van der Waals surface area (Å²) in [5, 5.41) is 12.1. The average Bonchev–Trinajstić information content (AvgIpc) is 2.53. The third-order valence-electron chi connectivity index (χ3n) is 4.15. The van der Waals surface area contributed by atoms with Crippen LogP contribution in [0.5, 0.6) is 11.5 Å². The Kier molecular flexibility index (Phi) is 4.90. The van der Waals surface area contributed by atoms with Gasteiger partial charge < -0.3 is 19.9 Å². The van der Waals surface area contributed by atoms with Crippen LogP contribution in [0.1, 0.15) is 33.1 Å². The number of carbonyl (C=O) groups is 2. The molecule has 120 valence electrons. The van der Waals surface area contributed by atoms with Crippen molar-refractivity contribution in [2.45, 2.75) is 33.1 Å². The summed E-state index contributed by atoms with van der Waals surface area (Å²) >= 11 is 0. The van der Waals surface area contributed by atoms with E-state index in [-0.39, 0.29) is 12.3 Å².